The number of thiophene rings is 1. The van der Waals surface area contributed by atoms with Gasteiger partial charge in [-0.15, -0.1) is 11.3 Å². The van der Waals surface area contributed by atoms with Gasteiger partial charge in [0.05, 0.1) is 10.6 Å². The molecule has 2 aromatic heterocycles. The van der Waals surface area contributed by atoms with Gasteiger partial charge in [0.15, 0.2) is 0 Å². The Bertz CT molecular complexity index is 747. The average Bonchev–Trinajstić information content (AvgIpc) is 3.06. The predicted octanol–water partition coefficient (Wildman–Crippen LogP) is 2.45. The Labute approximate surface area is 145 Å². The lowest BCUT2D eigenvalue weighted by Crippen LogP contribution is -2.50. The van der Waals surface area contributed by atoms with E-state index in [0.29, 0.717) is 26.2 Å². The Morgan fingerprint density at radius 1 is 1.08 bits per heavy atom. The molecule has 0 spiro atoms. The number of carbonyl (C=O) groups is 2. The lowest BCUT2D eigenvalue weighted by molar-refractivity contribution is -0.127. The maximum absolute atomic E-state index is 12.4. The van der Waals surface area contributed by atoms with Crippen LogP contribution in [-0.2, 0) is 4.79 Å². The van der Waals surface area contributed by atoms with Crippen molar-refractivity contribution >= 4 is 29.2 Å². The Hall–Kier alpha value is -2.47. The number of aryl methyl sites for hydroxylation is 1. The van der Waals surface area contributed by atoms with E-state index < -0.39 is 0 Å². The summed E-state index contributed by atoms with van der Waals surface area (Å²) in [6, 6.07) is 9.40. The van der Waals surface area contributed by atoms with Crippen molar-refractivity contribution in [2.75, 3.05) is 26.2 Å². The number of hydrogen-bond donors (Lipinski definition) is 0. The summed E-state index contributed by atoms with van der Waals surface area (Å²) in [5.74, 6) is 0.0175. The summed E-state index contributed by atoms with van der Waals surface area (Å²) in [5, 5.41) is 0. The van der Waals surface area contributed by atoms with Crippen LogP contribution in [0.15, 0.2) is 42.6 Å². The number of aromatic nitrogens is 1. The first-order chi connectivity index (χ1) is 11.6. The zero-order valence-electron chi connectivity index (χ0n) is 13.5. The second-order valence-corrected chi connectivity index (χ2v) is 6.90. The normalized spacial score (nSPS) is 15.0. The van der Waals surface area contributed by atoms with Crippen molar-refractivity contribution in [2.24, 2.45) is 0 Å². The summed E-state index contributed by atoms with van der Waals surface area (Å²) in [6.45, 7) is 4.24. The first kappa shape index (κ1) is 16.4. The second-order valence-electron chi connectivity index (χ2n) is 5.62. The SMILES string of the molecule is Cc1ccc(C(=O)N2CCN(C(=O)/C=C/c3ccccn3)CC2)s1. The fourth-order valence-corrected chi connectivity index (χ4v) is 3.41. The molecule has 0 radical (unpaired) electrons. The highest BCUT2D eigenvalue weighted by Gasteiger charge is 2.24. The maximum Gasteiger partial charge on any atom is 0.264 e. The van der Waals surface area contributed by atoms with Gasteiger partial charge < -0.3 is 9.80 Å². The Balaban J connectivity index is 1.54. The van der Waals surface area contributed by atoms with Crippen LogP contribution in [0, 0.1) is 6.92 Å². The van der Waals surface area contributed by atoms with E-state index in [9.17, 15) is 9.59 Å². The van der Waals surface area contributed by atoms with E-state index in [0.717, 1.165) is 15.4 Å². The van der Waals surface area contributed by atoms with E-state index >= 15 is 0 Å². The van der Waals surface area contributed by atoms with Crippen molar-refractivity contribution in [2.45, 2.75) is 6.92 Å². The third-order valence-corrected chi connectivity index (χ3v) is 4.90. The first-order valence-electron chi connectivity index (χ1n) is 7.87. The molecule has 6 heteroatoms. The standard InChI is InChI=1S/C18H19N3O2S/c1-14-5-7-16(24-14)18(23)21-12-10-20(11-13-21)17(22)8-6-15-4-2-3-9-19-15/h2-9H,10-13H2,1H3/b8-6+. The minimum atomic E-state index is -0.0419. The fourth-order valence-electron chi connectivity index (χ4n) is 2.57. The van der Waals surface area contributed by atoms with Crippen molar-refractivity contribution < 1.29 is 9.59 Å². The van der Waals surface area contributed by atoms with Crippen LogP contribution in [-0.4, -0.2) is 52.8 Å². The van der Waals surface area contributed by atoms with Gasteiger partial charge in [0.1, 0.15) is 0 Å². The molecule has 1 aliphatic heterocycles. The number of rotatable bonds is 3. The van der Waals surface area contributed by atoms with Crippen molar-refractivity contribution in [3.05, 3.63) is 58.1 Å². The molecule has 5 nitrogen and oxygen atoms in total. The summed E-state index contributed by atoms with van der Waals surface area (Å²) in [7, 11) is 0. The van der Waals surface area contributed by atoms with E-state index in [4.69, 9.17) is 0 Å². The molecule has 0 aromatic carbocycles. The highest BCUT2D eigenvalue weighted by atomic mass is 32.1. The van der Waals surface area contributed by atoms with E-state index in [1.54, 1.807) is 23.2 Å². The first-order valence-corrected chi connectivity index (χ1v) is 8.69. The van der Waals surface area contributed by atoms with Crippen LogP contribution in [0.2, 0.25) is 0 Å². The van der Waals surface area contributed by atoms with Crippen LogP contribution >= 0.6 is 11.3 Å². The zero-order chi connectivity index (χ0) is 16.9. The molecule has 0 N–H and O–H groups in total. The lowest BCUT2D eigenvalue weighted by Gasteiger charge is -2.34. The van der Waals surface area contributed by atoms with Crippen LogP contribution in [0.5, 0.6) is 0 Å². The Morgan fingerprint density at radius 2 is 1.83 bits per heavy atom. The highest BCUT2D eigenvalue weighted by Crippen LogP contribution is 2.18. The van der Waals surface area contributed by atoms with Gasteiger partial charge in [-0.3, -0.25) is 14.6 Å². The molecular formula is C18H19N3O2S. The zero-order valence-corrected chi connectivity index (χ0v) is 14.3. The number of pyridine rings is 1. The molecular weight excluding hydrogens is 322 g/mol. The van der Waals surface area contributed by atoms with Crippen LogP contribution in [0.4, 0.5) is 0 Å². The van der Waals surface area contributed by atoms with Gasteiger partial charge in [-0.25, -0.2) is 0 Å². The van der Waals surface area contributed by atoms with Gasteiger partial charge >= 0.3 is 0 Å². The summed E-state index contributed by atoms with van der Waals surface area (Å²) in [4.78, 5) is 34.3. The summed E-state index contributed by atoms with van der Waals surface area (Å²) >= 11 is 1.51. The molecule has 0 aliphatic carbocycles. The number of carbonyl (C=O) groups excluding carboxylic acids is 2. The molecule has 0 unspecified atom stereocenters. The van der Waals surface area contributed by atoms with Gasteiger partial charge in [0, 0.05) is 43.3 Å². The molecule has 0 atom stereocenters. The molecule has 0 saturated carbocycles. The number of piperazine rings is 1. The van der Waals surface area contributed by atoms with Crippen molar-refractivity contribution in [3.63, 3.8) is 0 Å². The molecule has 2 amide bonds. The molecule has 1 fully saturated rings. The van der Waals surface area contributed by atoms with E-state index in [-0.39, 0.29) is 11.8 Å². The molecule has 3 rings (SSSR count). The highest BCUT2D eigenvalue weighted by molar-refractivity contribution is 7.13. The van der Waals surface area contributed by atoms with Crippen LogP contribution in [0.3, 0.4) is 0 Å². The Kier molecular flexibility index (Phi) is 5.05. The van der Waals surface area contributed by atoms with Crippen LogP contribution in [0.1, 0.15) is 20.2 Å². The topological polar surface area (TPSA) is 53.5 Å². The van der Waals surface area contributed by atoms with Gasteiger partial charge in [-0.1, -0.05) is 6.07 Å². The average molecular weight is 341 g/mol. The third kappa shape index (κ3) is 3.89. The number of hydrogen-bond acceptors (Lipinski definition) is 4. The monoisotopic (exact) mass is 341 g/mol. The van der Waals surface area contributed by atoms with Crippen molar-refractivity contribution in [1.82, 2.24) is 14.8 Å². The van der Waals surface area contributed by atoms with Gasteiger partial charge in [-0.05, 0) is 37.3 Å². The van der Waals surface area contributed by atoms with Gasteiger partial charge in [-0.2, -0.15) is 0 Å². The van der Waals surface area contributed by atoms with E-state index in [1.807, 2.05) is 42.2 Å². The van der Waals surface area contributed by atoms with Crippen molar-refractivity contribution in [1.29, 1.82) is 0 Å². The summed E-state index contributed by atoms with van der Waals surface area (Å²) in [6.07, 6.45) is 4.96. The molecule has 3 heterocycles. The largest absolute Gasteiger partial charge is 0.336 e. The maximum atomic E-state index is 12.4. The fraction of sp³-hybridized carbons (Fsp3) is 0.278. The quantitative estimate of drug-likeness (QED) is 0.806. The van der Waals surface area contributed by atoms with E-state index in [1.165, 1.54) is 11.3 Å². The number of nitrogens with zero attached hydrogens (tertiary/aromatic N) is 3. The van der Waals surface area contributed by atoms with E-state index in [2.05, 4.69) is 4.98 Å². The van der Waals surface area contributed by atoms with Crippen LogP contribution < -0.4 is 0 Å². The molecule has 0 bridgehead atoms. The minimum Gasteiger partial charge on any atom is -0.336 e. The Morgan fingerprint density at radius 3 is 2.46 bits per heavy atom. The molecule has 24 heavy (non-hydrogen) atoms. The molecule has 1 saturated heterocycles. The lowest BCUT2D eigenvalue weighted by atomic mass is 10.2. The molecule has 1 aliphatic rings. The third-order valence-electron chi connectivity index (χ3n) is 3.91. The van der Waals surface area contributed by atoms with Gasteiger partial charge in [0.2, 0.25) is 5.91 Å². The minimum absolute atomic E-state index is 0.0419. The smallest absolute Gasteiger partial charge is 0.264 e. The van der Waals surface area contributed by atoms with Gasteiger partial charge in [0.25, 0.3) is 5.91 Å². The predicted molar refractivity (Wildman–Crippen MR) is 94.8 cm³/mol. The van der Waals surface area contributed by atoms with Crippen LogP contribution in [0.25, 0.3) is 6.08 Å². The van der Waals surface area contributed by atoms with Crippen molar-refractivity contribution in [3.8, 4) is 0 Å². The second kappa shape index (κ2) is 7.40. The summed E-state index contributed by atoms with van der Waals surface area (Å²) < 4.78 is 0. The summed E-state index contributed by atoms with van der Waals surface area (Å²) in [5.41, 5.74) is 0.757. The number of amides is 2. The molecule has 124 valence electrons. The molecule has 2 aromatic rings.